The maximum absolute atomic E-state index is 2.67. The second kappa shape index (κ2) is 7.47. The minimum absolute atomic E-state index is 0.477. The van der Waals surface area contributed by atoms with Crippen LogP contribution < -0.4 is 0 Å². The molecule has 1 heteroatoms. The van der Waals surface area contributed by atoms with Crippen molar-refractivity contribution in [2.75, 3.05) is 0 Å². The molecule has 1 aliphatic carbocycles. The van der Waals surface area contributed by atoms with Gasteiger partial charge in [-0.05, 0) is 41.5 Å². The Bertz CT molecular complexity index is 812. The molecule has 0 unspecified atom stereocenters. The quantitative estimate of drug-likeness (QED) is 0.556. The van der Waals surface area contributed by atoms with Crippen molar-refractivity contribution in [2.45, 2.75) is 39.4 Å². The molecule has 0 saturated heterocycles. The number of nitrogens with zero attached hydrogens (tertiary/aromatic N) is 1. The van der Waals surface area contributed by atoms with E-state index >= 15 is 0 Å². The molecule has 0 radical (unpaired) electrons. The number of aryl methyl sites for hydroxylation is 1. The molecular formula is C25H27N. The molecule has 0 saturated carbocycles. The summed E-state index contributed by atoms with van der Waals surface area (Å²) in [5, 5.41) is 0. The highest BCUT2D eigenvalue weighted by Gasteiger charge is 2.34. The lowest BCUT2D eigenvalue weighted by Crippen LogP contribution is -2.30. The Kier molecular flexibility index (Phi) is 4.90. The Morgan fingerprint density at radius 1 is 0.808 bits per heavy atom. The van der Waals surface area contributed by atoms with E-state index in [2.05, 4.69) is 97.6 Å². The highest BCUT2D eigenvalue weighted by Crippen LogP contribution is 2.41. The summed E-state index contributed by atoms with van der Waals surface area (Å²) in [6, 6.07) is 29.2. The van der Waals surface area contributed by atoms with Crippen molar-refractivity contribution < 1.29 is 0 Å². The summed E-state index contributed by atoms with van der Waals surface area (Å²) in [7, 11) is 0. The van der Waals surface area contributed by atoms with E-state index in [1.807, 2.05) is 0 Å². The number of hydrogen-bond donors (Lipinski definition) is 0. The molecule has 0 amide bonds. The number of rotatable bonds is 5. The number of benzene rings is 3. The summed E-state index contributed by atoms with van der Waals surface area (Å²) in [5.41, 5.74) is 7.19. The van der Waals surface area contributed by atoms with Gasteiger partial charge in [-0.1, -0.05) is 91.3 Å². The van der Waals surface area contributed by atoms with Crippen LogP contribution in [0.4, 0.5) is 0 Å². The second-order valence-electron chi connectivity index (χ2n) is 7.70. The van der Waals surface area contributed by atoms with Crippen LogP contribution in [0.1, 0.15) is 40.8 Å². The van der Waals surface area contributed by atoms with Gasteiger partial charge in [-0.2, -0.15) is 0 Å². The molecule has 1 nitrogen and oxygen atoms in total. The maximum Gasteiger partial charge on any atom is 0.0386 e. The molecule has 0 fully saturated rings. The third-order valence-electron chi connectivity index (χ3n) is 5.55. The molecule has 1 aliphatic rings. The van der Waals surface area contributed by atoms with Gasteiger partial charge in [-0.3, -0.25) is 4.90 Å². The van der Waals surface area contributed by atoms with Crippen LogP contribution in [0.25, 0.3) is 0 Å². The SMILES string of the molecule is Cc1ccc2c(c1)[C@H](N(Cc1ccccc1)Cc1ccccc1)[C@@H](C)C2. The van der Waals surface area contributed by atoms with Gasteiger partial charge in [0.25, 0.3) is 0 Å². The first kappa shape index (κ1) is 17.1. The van der Waals surface area contributed by atoms with E-state index in [0.717, 1.165) is 13.1 Å². The summed E-state index contributed by atoms with van der Waals surface area (Å²) < 4.78 is 0. The van der Waals surface area contributed by atoms with Gasteiger partial charge in [0, 0.05) is 19.1 Å². The van der Waals surface area contributed by atoms with Crippen LogP contribution in [0.15, 0.2) is 78.9 Å². The molecule has 2 atom stereocenters. The first-order valence-electron chi connectivity index (χ1n) is 9.62. The molecule has 3 aromatic carbocycles. The van der Waals surface area contributed by atoms with Crippen molar-refractivity contribution >= 4 is 0 Å². The van der Waals surface area contributed by atoms with Gasteiger partial charge in [0.15, 0.2) is 0 Å². The van der Waals surface area contributed by atoms with Crippen molar-refractivity contribution in [1.29, 1.82) is 0 Å². The Morgan fingerprint density at radius 2 is 1.38 bits per heavy atom. The molecule has 132 valence electrons. The van der Waals surface area contributed by atoms with Crippen LogP contribution >= 0.6 is 0 Å². The topological polar surface area (TPSA) is 3.24 Å². The highest BCUT2D eigenvalue weighted by atomic mass is 15.2. The lowest BCUT2D eigenvalue weighted by Gasteiger charge is -2.33. The molecule has 0 spiro atoms. The molecule has 0 bridgehead atoms. The van der Waals surface area contributed by atoms with Crippen LogP contribution in [-0.4, -0.2) is 4.90 Å². The molecule has 0 heterocycles. The molecule has 0 N–H and O–H groups in total. The smallest absolute Gasteiger partial charge is 0.0386 e. The molecule has 26 heavy (non-hydrogen) atoms. The fourth-order valence-corrected chi connectivity index (χ4v) is 4.39. The standard InChI is InChI=1S/C25H27N/c1-19-13-14-23-16-20(2)25(24(23)15-19)26(17-21-9-5-3-6-10-21)18-22-11-7-4-8-12-22/h3-15,20,25H,16-18H2,1-2H3/t20-,25+/m0/s1. The van der Waals surface area contributed by atoms with Crippen molar-refractivity contribution in [1.82, 2.24) is 4.90 Å². The summed E-state index contributed by atoms with van der Waals surface area (Å²) in [6.07, 6.45) is 1.18. The zero-order chi connectivity index (χ0) is 17.9. The van der Waals surface area contributed by atoms with E-state index in [4.69, 9.17) is 0 Å². The van der Waals surface area contributed by atoms with E-state index < -0.39 is 0 Å². The van der Waals surface area contributed by atoms with Crippen molar-refractivity contribution in [3.8, 4) is 0 Å². The van der Waals surface area contributed by atoms with Crippen LogP contribution in [-0.2, 0) is 19.5 Å². The lowest BCUT2D eigenvalue weighted by atomic mass is 9.98. The Morgan fingerprint density at radius 3 is 1.96 bits per heavy atom. The normalized spacial score (nSPS) is 18.9. The van der Waals surface area contributed by atoms with Crippen LogP contribution in [0, 0.1) is 12.8 Å². The summed E-state index contributed by atoms with van der Waals surface area (Å²) in [4.78, 5) is 2.67. The third-order valence-corrected chi connectivity index (χ3v) is 5.55. The molecule has 3 aromatic rings. The van der Waals surface area contributed by atoms with E-state index in [0.29, 0.717) is 12.0 Å². The minimum atomic E-state index is 0.477. The predicted molar refractivity (Wildman–Crippen MR) is 109 cm³/mol. The maximum atomic E-state index is 2.67. The van der Waals surface area contributed by atoms with Gasteiger partial charge in [-0.25, -0.2) is 0 Å². The van der Waals surface area contributed by atoms with Crippen LogP contribution in [0.2, 0.25) is 0 Å². The molecule has 0 aromatic heterocycles. The first-order valence-corrected chi connectivity index (χ1v) is 9.62. The molecular weight excluding hydrogens is 314 g/mol. The molecule has 0 aliphatic heterocycles. The number of fused-ring (bicyclic) bond motifs is 1. The fraction of sp³-hybridized carbons (Fsp3) is 0.280. The Balaban J connectivity index is 1.69. The fourth-order valence-electron chi connectivity index (χ4n) is 4.39. The van der Waals surface area contributed by atoms with E-state index in [1.54, 1.807) is 0 Å². The number of hydrogen-bond acceptors (Lipinski definition) is 1. The average molecular weight is 341 g/mol. The van der Waals surface area contributed by atoms with E-state index in [-0.39, 0.29) is 0 Å². The second-order valence-corrected chi connectivity index (χ2v) is 7.70. The van der Waals surface area contributed by atoms with Crippen LogP contribution in [0.3, 0.4) is 0 Å². The van der Waals surface area contributed by atoms with Crippen molar-refractivity contribution in [3.05, 3.63) is 107 Å². The third kappa shape index (κ3) is 3.59. The van der Waals surface area contributed by atoms with Crippen LogP contribution in [0.5, 0.6) is 0 Å². The Hall–Kier alpha value is -2.38. The summed E-state index contributed by atoms with van der Waals surface area (Å²) >= 11 is 0. The average Bonchev–Trinajstić information content (AvgIpc) is 2.98. The highest BCUT2D eigenvalue weighted by molar-refractivity contribution is 5.39. The van der Waals surface area contributed by atoms with Gasteiger partial charge in [0.1, 0.15) is 0 Å². The van der Waals surface area contributed by atoms with Gasteiger partial charge >= 0.3 is 0 Å². The summed E-state index contributed by atoms with van der Waals surface area (Å²) in [5.74, 6) is 0.638. The predicted octanol–water partition coefficient (Wildman–Crippen LogP) is 5.93. The van der Waals surface area contributed by atoms with Gasteiger partial charge in [0.2, 0.25) is 0 Å². The lowest BCUT2D eigenvalue weighted by molar-refractivity contribution is 0.142. The minimum Gasteiger partial charge on any atom is -0.288 e. The molecule has 4 rings (SSSR count). The van der Waals surface area contributed by atoms with Gasteiger partial charge in [0.05, 0.1) is 0 Å². The zero-order valence-electron chi connectivity index (χ0n) is 15.7. The van der Waals surface area contributed by atoms with Gasteiger partial charge < -0.3 is 0 Å². The van der Waals surface area contributed by atoms with E-state index in [1.165, 1.54) is 34.2 Å². The van der Waals surface area contributed by atoms with Crippen molar-refractivity contribution in [3.63, 3.8) is 0 Å². The first-order chi connectivity index (χ1) is 12.7. The summed E-state index contributed by atoms with van der Waals surface area (Å²) in [6.45, 7) is 6.58. The van der Waals surface area contributed by atoms with Gasteiger partial charge in [-0.15, -0.1) is 0 Å². The monoisotopic (exact) mass is 341 g/mol. The Labute approximate surface area is 157 Å². The largest absolute Gasteiger partial charge is 0.288 e. The van der Waals surface area contributed by atoms with Crippen molar-refractivity contribution in [2.24, 2.45) is 5.92 Å². The zero-order valence-corrected chi connectivity index (χ0v) is 15.7. The van der Waals surface area contributed by atoms with E-state index in [9.17, 15) is 0 Å².